The lowest BCUT2D eigenvalue weighted by Crippen LogP contribution is -2.35. The highest BCUT2D eigenvalue weighted by Crippen LogP contribution is 2.32. The molecule has 0 amide bonds. The van der Waals surface area contributed by atoms with Gasteiger partial charge in [-0.3, -0.25) is 0 Å². The van der Waals surface area contributed by atoms with E-state index in [9.17, 15) is 0 Å². The van der Waals surface area contributed by atoms with E-state index in [-0.39, 0.29) is 0 Å². The lowest BCUT2D eigenvalue weighted by atomic mass is 10.1. The van der Waals surface area contributed by atoms with Crippen molar-refractivity contribution in [3.05, 3.63) is 28.2 Å². The average molecular weight is 311 g/mol. The number of rotatable bonds is 3. The summed E-state index contributed by atoms with van der Waals surface area (Å²) in [6.07, 6.45) is 6.55. The predicted molar refractivity (Wildman–Crippen MR) is 81.9 cm³/mol. The zero-order valence-corrected chi connectivity index (χ0v) is 12.7. The summed E-state index contributed by atoms with van der Waals surface area (Å²) in [7, 11) is 0. The summed E-state index contributed by atoms with van der Waals surface area (Å²) < 4.78 is 1.14. The summed E-state index contributed by atoms with van der Waals surface area (Å²) in [5, 5.41) is 0. The van der Waals surface area contributed by atoms with Gasteiger partial charge in [-0.15, -0.1) is 0 Å². The minimum absolute atomic E-state index is 0.601. The topological polar surface area (TPSA) is 29.3 Å². The van der Waals surface area contributed by atoms with Crippen LogP contribution >= 0.6 is 15.9 Å². The number of hydrogen-bond donors (Lipinski definition) is 1. The maximum absolute atomic E-state index is 5.93. The number of nitrogens with zero attached hydrogens (tertiary/aromatic N) is 1. The van der Waals surface area contributed by atoms with Gasteiger partial charge in [-0.05, 0) is 31.4 Å². The van der Waals surface area contributed by atoms with Gasteiger partial charge in [0.05, 0.1) is 0 Å². The number of anilines is 1. The first-order valence-electron chi connectivity index (χ1n) is 7.02. The standard InChI is InChI=1S/C15H23BrN2/c1-2-12-7-4-3-5-10-18(12)15-9-6-8-14(16)13(15)11-17/h6,8-9,12H,2-5,7,10-11,17H2,1H3. The van der Waals surface area contributed by atoms with Gasteiger partial charge in [0.25, 0.3) is 0 Å². The van der Waals surface area contributed by atoms with Gasteiger partial charge >= 0.3 is 0 Å². The van der Waals surface area contributed by atoms with Crippen molar-refractivity contribution in [1.29, 1.82) is 0 Å². The summed E-state index contributed by atoms with van der Waals surface area (Å²) in [4.78, 5) is 2.58. The fourth-order valence-electron chi connectivity index (χ4n) is 2.94. The highest BCUT2D eigenvalue weighted by molar-refractivity contribution is 9.10. The van der Waals surface area contributed by atoms with E-state index < -0.39 is 0 Å². The maximum Gasteiger partial charge on any atom is 0.0425 e. The van der Waals surface area contributed by atoms with E-state index in [2.05, 4.69) is 46.0 Å². The molecule has 18 heavy (non-hydrogen) atoms. The molecule has 0 spiro atoms. The molecule has 1 aliphatic heterocycles. The molecule has 1 aromatic rings. The van der Waals surface area contributed by atoms with Crippen LogP contribution in [0.1, 0.15) is 44.6 Å². The molecular weight excluding hydrogens is 288 g/mol. The molecule has 1 atom stereocenters. The van der Waals surface area contributed by atoms with Gasteiger partial charge in [-0.1, -0.05) is 41.8 Å². The second-order valence-corrected chi connectivity index (χ2v) is 5.90. The van der Waals surface area contributed by atoms with Crippen LogP contribution in [0.2, 0.25) is 0 Å². The second kappa shape index (κ2) is 6.58. The monoisotopic (exact) mass is 310 g/mol. The summed E-state index contributed by atoms with van der Waals surface area (Å²) in [6.45, 7) is 4.06. The minimum Gasteiger partial charge on any atom is -0.368 e. The lowest BCUT2D eigenvalue weighted by molar-refractivity contribution is 0.555. The first-order chi connectivity index (χ1) is 8.77. The van der Waals surface area contributed by atoms with E-state index in [1.807, 2.05) is 0 Å². The molecule has 3 heteroatoms. The van der Waals surface area contributed by atoms with Crippen LogP contribution in [0.3, 0.4) is 0 Å². The molecule has 0 saturated carbocycles. The summed E-state index contributed by atoms with van der Waals surface area (Å²) in [5.41, 5.74) is 8.51. The zero-order valence-electron chi connectivity index (χ0n) is 11.2. The third kappa shape index (κ3) is 2.89. The predicted octanol–water partition coefficient (Wildman–Crippen LogP) is 4.07. The van der Waals surface area contributed by atoms with Crippen LogP contribution < -0.4 is 10.6 Å². The van der Waals surface area contributed by atoms with Crippen molar-refractivity contribution in [3.8, 4) is 0 Å². The van der Waals surface area contributed by atoms with Crippen LogP contribution in [0.4, 0.5) is 5.69 Å². The largest absolute Gasteiger partial charge is 0.368 e. The molecule has 1 fully saturated rings. The van der Waals surface area contributed by atoms with Crippen molar-refractivity contribution in [2.24, 2.45) is 5.73 Å². The Hall–Kier alpha value is -0.540. The molecule has 0 aliphatic carbocycles. The molecule has 1 unspecified atom stereocenters. The van der Waals surface area contributed by atoms with Crippen LogP contribution in [0.5, 0.6) is 0 Å². The molecule has 0 aromatic heterocycles. The Kier molecular flexibility index (Phi) is 5.07. The first-order valence-corrected chi connectivity index (χ1v) is 7.81. The van der Waals surface area contributed by atoms with E-state index in [1.165, 1.54) is 49.9 Å². The number of hydrogen-bond acceptors (Lipinski definition) is 2. The van der Waals surface area contributed by atoms with Gasteiger partial charge in [0.15, 0.2) is 0 Å². The van der Waals surface area contributed by atoms with Crippen molar-refractivity contribution < 1.29 is 0 Å². The minimum atomic E-state index is 0.601. The van der Waals surface area contributed by atoms with Gasteiger partial charge in [0, 0.05) is 34.9 Å². The molecule has 1 aliphatic rings. The lowest BCUT2D eigenvalue weighted by Gasteiger charge is -2.33. The van der Waals surface area contributed by atoms with E-state index in [1.54, 1.807) is 0 Å². The molecule has 1 saturated heterocycles. The van der Waals surface area contributed by atoms with Gasteiger partial charge in [-0.25, -0.2) is 0 Å². The Morgan fingerprint density at radius 2 is 2.17 bits per heavy atom. The molecule has 100 valence electrons. The van der Waals surface area contributed by atoms with E-state index >= 15 is 0 Å². The van der Waals surface area contributed by atoms with Crippen LogP contribution in [0, 0.1) is 0 Å². The Bertz CT molecular complexity index is 392. The molecule has 2 nitrogen and oxygen atoms in total. The fourth-order valence-corrected chi connectivity index (χ4v) is 3.45. The maximum atomic E-state index is 5.93. The highest BCUT2D eigenvalue weighted by Gasteiger charge is 2.22. The Morgan fingerprint density at radius 3 is 2.89 bits per heavy atom. The van der Waals surface area contributed by atoms with E-state index in [0.29, 0.717) is 12.6 Å². The van der Waals surface area contributed by atoms with Gasteiger partial charge in [0.2, 0.25) is 0 Å². The average Bonchev–Trinajstić information content (AvgIpc) is 2.63. The molecule has 0 radical (unpaired) electrons. The number of benzene rings is 1. The smallest absolute Gasteiger partial charge is 0.0425 e. The van der Waals surface area contributed by atoms with Crippen molar-refractivity contribution in [2.75, 3.05) is 11.4 Å². The Morgan fingerprint density at radius 1 is 1.33 bits per heavy atom. The van der Waals surface area contributed by atoms with Crippen molar-refractivity contribution >= 4 is 21.6 Å². The second-order valence-electron chi connectivity index (χ2n) is 5.05. The van der Waals surface area contributed by atoms with Crippen molar-refractivity contribution in [2.45, 2.75) is 51.6 Å². The van der Waals surface area contributed by atoms with E-state index in [0.717, 1.165) is 4.47 Å². The molecule has 0 bridgehead atoms. The summed E-state index contributed by atoms with van der Waals surface area (Å²) in [5.74, 6) is 0. The number of nitrogens with two attached hydrogens (primary N) is 1. The van der Waals surface area contributed by atoms with Crippen LogP contribution in [0.15, 0.2) is 22.7 Å². The molecular formula is C15H23BrN2. The summed E-state index contributed by atoms with van der Waals surface area (Å²) in [6, 6.07) is 7.11. The first kappa shape index (κ1) is 13.9. The fraction of sp³-hybridized carbons (Fsp3) is 0.600. The third-order valence-corrected chi connectivity index (χ3v) is 4.70. The molecule has 1 aromatic carbocycles. The van der Waals surface area contributed by atoms with Crippen molar-refractivity contribution in [3.63, 3.8) is 0 Å². The van der Waals surface area contributed by atoms with Gasteiger partial charge in [0.1, 0.15) is 0 Å². The van der Waals surface area contributed by atoms with Gasteiger partial charge < -0.3 is 10.6 Å². The SMILES string of the molecule is CCC1CCCCCN1c1cccc(Br)c1CN. The van der Waals surface area contributed by atoms with E-state index in [4.69, 9.17) is 5.73 Å². The normalized spacial score (nSPS) is 20.8. The highest BCUT2D eigenvalue weighted by atomic mass is 79.9. The molecule has 2 rings (SSSR count). The van der Waals surface area contributed by atoms with Crippen LogP contribution in [0.25, 0.3) is 0 Å². The van der Waals surface area contributed by atoms with Crippen molar-refractivity contribution in [1.82, 2.24) is 0 Å². The van der Waals surface area contributed by atoms with Crippen LogP contribution in [-0.2, 0) is 6.54 Å². The third-order valence-electron chi connectivity index (χ3n) is 3.96. The van der Waals surface area contributed by atoms with Crippen LogP contribution in [-0.4, -0.2) is 12.6 Å². The molecule has 2 N–H and O–H groups in total. The Balaban J connectivity index is 2.35. The molecule has 1 heterocycles. The Labute approximate surface area is 119 Å². The number of halogens is 1. The summed E-state index contributed by atoms with van der Waals surface area (Å²) >= 11 is 3.63. The zero-order chi connectivity index (χ0) is 13.0. The van der Waals surface area contributed by atoms with Gasteiger partial charge in [-0.2, -0.15) is 0 Å². The quantitative estimate of drug-likeness (QED) is 0.912.